The molecule has 2 N–H and O–H groups in total. The molecule has 0 aliphatic carbocycles. The second-order valence-electron chi connectivity index (χ2n) is 2.53. The van der Waals surface area contributed by atoms with Gasteiger partial charge in [0.05, 0.1) is 5.52 Å². The van der Waals surface area contributed by atoms with Crippen LogP contribution in [-0.4, -0.2) is 21.0 Å². The van der Waals surface area contributed by atoms with E-state index in [1.807, 2.05) is 0 Å². The second-order valence-corrected chi connectivity index (χ2v) is 2.89. The minimum atomic E-state index is -1.02. The summed E-state index contributed by atoms with van der Waals surface area (Å²) in [5.74, 6) is -1.02. The van der Waals surface area contributed by atoms with Crippen molar-refractivity contribution in [3.8, 4) is 0 Å². The van der Waals surface area contributed by atoms with Gasteiger partial charge in [-0.3, -0.25) is 0 Å². The Morgan fingerprint density at radius 1 is 1.62 bits per heavy atom. The first kappa shape index (κ1) is 8.07. The molecule has 2 aromatic rings. The fraction of sp³-hybridized carbons (Fsp3) is 0. The number of carboxylic acid groups (broad SMARTS) is 1. The number of carboxylic acids is 1. The van der Waals surface area contributed by atoms with Gasteiger partial charge < -0.3 is 10.1 Å². The van der Waals surface area contributed by atoms with Crippen LogP contribution in [0.3, 0.4) is 0 Å². The number of H-pyrrole nitrogens is 1. The molecule has 0 amide bonds. The van der Waals surface area contributed by atoms with Gasteiger partial charge in [0.25, 0.3) is 0 Å². The van der Waals surface area contributed by atoms with Crippen molar-refractivity contribution in [2.24, 2.45) is 0 Å². The van der Waals surface area contributed by atoms with E-state index in [1.165, 1.54) is 6.20 Å². The molecule has 13 heavy (non-hydrogen) atoms. The van der Waals surface area contributed by atoms with Crippen molar-refractivity contribution in [2.75, 3.05) is 0 Å². The predicted molar refractivity (Wildman–Crippen MR) is 48.1 cm³/mol. The minimum absolute atomic E-state index is 0.129. The van der Waals surface area contributed by atoms with E-state index >= 15 is 0 Å². The highest BCUT2D eigenvalue weighted by Gasteiger charge is 2.11. The van der Waals surface area contributed by atoms with Crippen LogP contribution in [0.15, 0.2) is 18.5 Å². The molecule has 66 valence electrons. The summed E-state index contributed by atoms with van der Waals surface area (Å²) in [6, 6.07) is 1.69. The molecule has 2 heterocycles. The molecule has 0 aliphatic heterocycles. The summed E-state index contributed by atoms with van der Waals surface area (Å²) in [4.78, 5) is 17.3. The molecule has 4 nitrogen and oxygen atoms in total. The van der Waals surface area contributed by atoms with Gasteiger partial charge in [-0.05, 0) is 6.07 Å². The third-order valence-electron chi connectivity index (χ3n) is 1.78. The zero-order valence-corrected chi connectivity index (χ0v) is 7.17. The average molecular weight is 197 g/mol. The highest BCUT2D eigenvalue weighted by atomic mass is 35.5. The van der Waals surface area contributed by atoms with Gasteiger partial charge in [0.15, 0.2) is 0 Å². The number of nitrogens with one attached hydrogen (secondary N) is 1. The molecule has 0 unspecified atom stereocenters. The summed E-state index contributed by atoms with van der Waals surface area (Å²) < 4.78 is 0. The highest BCUT2D eigenvalue weighted by Crippen LogP contribution is 2.22. The maximum atomic E-state index is 10.7. The number of halogens is 1. The third-order valence-corrected chi connectivity index (χ3v) is 2.08. The maximum Gasteiger partial charge on any atom is 0.339 e. The van der Waals surface area contributed by atoms with Crippen LogP contribution in [0.5, 0.6) is 0 Å². The summed E-state index contributed by atoms with van der Waals surface area (Å²) in [6.07, 6.45) is 2.87. The van der Waals surface area contributed by atoms with Crippen LogP contribution in [0.4, 0.5) is 0 Å². The highest BCUT2D eigenvalue weighted by molar-refractivity contribution is 6.34. The molecule has 0 fully saturated rings. The smallest absolute Gasteiger partial charge is 0.339 e. The third kappa shape index (κ3) is 1.15. The first-order valence-electron chi connectivity index (χ1n) is 3.55. The Balaban J connectivity index is 2.86. The Morgan fingerprint density at radius 2 is 2.38 bits per heavy atom. The Bertz CT molecular complexity index is 478. The molecule has 0 saturated carbocycles. The van der Waals surface area contributed by atoms with Crippen LogP contribution in [0, 0.1) is 0 Å². The van der Waals surface area contributed by atoms with Crippen LogP contribution < -0.4 is 0 Å². The fourth-order valence-electron chi connectivity index (χ4n) is 1.18. The molecule has 5 heteroatoms. The van der Waals surface area contributed by atoms with Crippen molar-refractivity contribution >= 4 is 28.5 Å². The average Bonchev–Trinajstić information content (AvgIpc) is 2.53. The lowest BCUT2D eigenvalue weighted by Crippen LogP contribution is -1.98. The Hall–Kier alpha value is -1.55. The molecule has 0 atom stereocenters. The maximum absolute atomic E-state index is 10.7. The van der Waals surface area contributed by atoms with E-state index in [-0.39, 0.29) is 5.56 Å². The fourth-order valence-corrected chi connectivity index (χ4v) is 1.39. The van der Waals surface area contributed by atoms with Crippen molar-refractivity contribution in [3.05, 3.63) is 29.2 Å². The molecule has 0 spiro atoms. The van der Waals surface area contributed by atoms with Crippen molar-refractivity contribution in [1.82, 2.24) is 9.97 Å². The molecule has 0 aliphatic rings. The zero-order chi connectivity index (χ0) is 9.42. The Kier molecular flexibility index (Phi) is 1.70. The van der Waals surface area contributed by atoms with Gasteiger partial charge in [-0.1, -0.05) is 11.6 Å². The molecule has 2 rings (SSSR count). The number of carbonyl (C=O) groups is 1. The summed E-state index contributed by atoms with van der Waals surface area (Å²) in [5, 5.41) is 9.72. The minimum Gasteiger partial charge on any atom is -0.478 e. The topological polar surface area (TPSA) is 66.0 Å². The van der Waals surface area contributed by atoms with Crippen LogP contribution >= 0.6 is 11.6 Å². The molecule has 2 aromatic heterocycles. The number of pyridine rings is 1. The number of hydrogen-bond donors (Lipinski definition) is 2. The van der Waals surface area contributed by atoms with E-state index in [2.05, 4.69) is 9.97 Å². The normalized spacial score (nSPS) is 10.5. The summed E-state index contributed by atoms with van der Waals surface area (Å²) in [5.41, 5.74) is 0.636. The lowest BCUT2D eigenvalue weighted by Gasteiger charge is -1.97. The lowest BCUT2D eigenvalue weighted by molar-refractivity contribution is 0.0698. The van der Waals surface area contributed by atoms with Crippen LogP contribution in [0.1, 0.15) is 10.4 Å². The quantitative estimate of drug-likeness (QED) is 0.685. The number of rotatable bonds is 1. The SMILES string of the molecule is O=C(O)c1cnc(Cl)c2cc[nH]c12. The van der Waals surface area contributed by atoms with Crippen molar-refractivity contribution in [2.45, 2.75) is 0 Å². The van der Waals surface area contributed by atoms with Crippen molar-refractivity contribution < 1.29 is 9.90 Å². The van der Waals surface area contributed by atoms with Crippen LogP contribution in [0.25, 0.3) is 10.9 Å². The van der Waals surface area contributed by atoms with E-state index in [9.17, 15) is 4.79 Å². The first-order chi connectivity index (χ1) is 6.20. The van der Waals surface area contributed by atoms with Crippen molar-refractivity contribution in [3.63, 3.8) is 0 Å². The van der Waals surface area contributed by atoms with Gasteiger partial charge in [0.1, 0.15) is 10.7 Å². The number of aromatic nitrogens is 2. The van der Waals surface area contributed by atoms with E-state index in [0.29, 0.717) is 16.1 Å². The number of aromatic carboxylic acids is 1. The van der Waals surface area contributed by atoms with Gasteiger partial charge in [0.2, 0.25) is 0 Å². The molecular weight excluding hydrogens is 192 g/mol. The molecular formula is C8H5ClN2O2. The lowest BCUT2D eigenvalue weighted by atomic mass is 10.2. The summed E-state index contributed by atoms with van der Waals surface area (Å²) >= 11 is 5.75. The Morgan fingerprint density at radius 3 is 3.08 bits per heavy atom. The molecule has 0 bridgehead atoms. The van der Waals surface area contributed by atoms with Crippen LogP contribution in [0.2, 0.25) is 5.15 Å². The molecule has 0 aromatic carbocycles. The monoisotopic (exact) mass is 196 g/mol. The number of aromatic amines is 1. The molecule has 0 radical (unpaired) electrons. The number of hydrogen-bond acceptors (Lipinski definition) is 2. The van der Waals surface area contributed by atoms with Gasteiger partial charge >= 0.3 is 5.97 Å². The standard InChI is InChI=1S/C8H5ClN2O2/c9-7-4-1-2-10-6(4)5(3-11-7)8(12)13/h1-3,10H,(H,12,13). The summed E-state index contributed by atoms with van der Waals surface area (Å²) in [6.45, 7) is 0. The first-order valence-corrected chi connectivity index (χ1v) is 3.93. The van der Waals surface area contributed by atoms with E-state index < -0.39 is 5.97 Å². The van der Waals surface area contributed by atoms with Crippen LogP contribution in [-0.2, 0) is 0 Å². The van der Waals surface area contributed by atoms with E-state index in [4.69, 9.17) is 16.7 Å². The zero-order valence-electron chi connectivity index (χ0n) is 6.41. The van der Waals surface area contributed by atoms with E-state index in [1.54, 1.807) is 12.3 Å². The second kappa shape index (κ2) is 2.74. The molecule has 0 saturated heterocycles. The van der Waals surface area contributed by atoms with Gasteiger partial charge in [-0.2, -0.15) is 0 Å². The van der Waals surface area contributed by atoms with E-state index in [0.717, 1.165) is 0 Å². The van der Waals surface area contributed by atoms with Gasteiger partial charge in [-0.15, -0.1) is 0 Å². The summed E-state index contributed by atoms with van der Waals surface area (Å²) in [7, 11) is 0. The van der Waals surface area contributed by atoms with Gasteiger partial charge in [0, 0.05) is 17.8 Å². The number of nitrogens with zero attached hydrogens (tertiary/aromatic N) is 1. The Labute approximate surface area is 78.2 Å². The van der Waals surface area contributed by atoms with Gasteiger partial charge in [-0.25, -0.2) is 9.78 Å². The predicted octanol–water partition coefficient (Wildman–Crippen LogP) is 1.91. The number of fused-ring (bicyclic) bond motifs is 1. The van der Waals surface area contributed by atoms with Crippen molar-refractivity contribution in [1.29, 1.82) is 0 Å². The largest absolute Gasteiger partial charge is 0.478 e.